The second-order valence-electron chi connectivity index (χ2n) is 4.97. The molecule has 0 fully saturated rings. The smallest absolute Gasteiger partial charge is 0.321 e. The minimum Gasteiger partial charge on any atom is -0.321 e. The number of thiazole rings is 1. The number of nitrogens with one attached hydrogen (secondary N) is 1. The molecule has 0 aliphatic heterocycles. The van der Waals surface area contributed by atoms with E-state index in [1.165, 1.54) is 34.8 Å². The van der Waals surface area contributed by atoms with Gasteiger partial charge in [0.15, 0.2) is 0 Å². The van der Waals surface area contributed by atoms with Crippen molar-refractivity contribution in [3.63, 3.8) is 0 Å². The van der Waals surface area contributed by atoms with E-state index in [0.29, 0.717) is 16.3 Å². The lowest BCUT2D eigenvalue weighted by Crippen LogP contribution is -2.12. The zero-order valence-electron chi connectivity index (χ0n) is 12.3. The molecular formula is C16H11F3N2OS2. The average molecular weight is 368 g/mol. The second-order valence-corrected chi connectivity index (χ2v) is 6.75. The number of carbonyl (C=O) groups excluding carboxylic acids is 1. The van der Waals surface area contributed by atoms with Gasteiger partial charge in [0, 0.05) is 16.6 Å². The van der Waals surface area contributed by atoms with Crippen LogP contribution in [0.25, 0.3) is 10.6 Å². The van der Waals surface area contributed by atoms with Crippen LogP contribution in [0.4, 0.5) is 18.9 Å². The van der Waals surface area contributed by atoms with E-state index in [1.54, 1.807) is 6.92 Å². The third-order valence-electron chi connectivity index (χ3n) is 3.24. The van der Waals surface area contributed by atoms with E-state index < -0.39 is 11.7 Å². The van der Waals surface area contributed by atoms with E-state index in [4.69, 9.17) is 0 Å². The molecule has 0 radical (unpaired) electrons. The number of halogens is 3. The number of alkyl halides is 3. The molecule has 124 valence electrons. The average Bonchev–Trinajstić information content (AvgIpc) is 3.16. The summed E-state index contributed by atoms with van der Waals surface area (Å²) in [6.45, 7) is 1.73. The number of aryl methyl sites for hydroxylation is 1. The zero-order valence-corrected chi connectivity index (χ0v) is 14.0. The minimum atomic E-state index is -4.40. The molecule has 0 unspecified atom stereocenters. The Morgan fingerprint density at radius 2 is 1.88 bits per heavy atom. The van der Waals surface area contributed by atoms with Crippen LogP contribution in [0.3, 0.4) is 0 Å². The fourth-order valence-electron chi connectivity index (χ4n) is 2.05. The van der Waals surface area contributed by atoms with E-state index in [2.05, 4.69) is 10.3 Å². The van der Waals surface area contributed by atoms with Gasteiger partial charge in [-0.15, -0.1) is 11.3 Å². The molecule has 0 saturated carbocycles. The Kier molecular flexibility index (Phi) is 4.42. The molecule has 3 nitrogen and oxygen atoms in total. The molecule has 0 atom stereocenters. The highest BCUT2D eigenvalue weighted by atomic mass is 32.1. The van der Waals surface area contributed by atoms with Gasteiger partial charge in [-0.05, 0) is 42.6 Å². The molecule has 1 N–H and O–H groups in total. The number of aromatic nitrogens is 1. The van der Waals surface area contributed by atoms with E-state index in [1.807, 2.05) is 16.8 Å². The van der Waals surface area contributed by atoms with Crippen molar-refractivity contribution in [2.45, 2.75) is 13.1 Å². The highest BCUT2D eigenvalue weighted by Gasteiger charge is 2.30. The molecule has 0 spiro atoms. The van der Waals surface area contributed by atoms with Crippen LogP contribution in [0.5, 0.6) is 0 Å². The van der Waals surface area contributed by atoms with Crippen molar-refractivity contribution in [2.75, 3.05) is 5.32 Å². The number of amides is 1. The molecule has 1 aromatic carbocycles. The van der Waals surface area contributed by atoms with Crippen molar-refractivity contribution in [1.29, 1.82) is 0 Å². The third-order valence-corrected chi connectivity index (χ3v) is 5.13. The van der Waals surface area contributed by atoms with Crippen LogP contribution in [-0.4, -0.2) is 10.9 Å². The van der Waals surface area contributed by atoms with Gasteiger partial charge in [0.25, 0.3) is 5.91 Å². The van der Waals surface area contributed by atoms with Crippen molar-refractivity contribution >= 4 is 34.3 Å². The van der Waals surface area contributed by atoms with Gasteiger partial charge in [0.05, 0.1) is 11.3 Å². The maximum absolute atomic E-state index is 12.5. The predicted octanol–water partition coefficient (Wildman–Crippen LogP) is 5.45. The summed E-state index contributed by atoms with van der Waals surface area (Å²) >= 11 is 2.79. The Labute approximate surface area is 143 Å². The number of benzene rings is 1. The first-order valence-corrected chi connectivity index (χ1v) is 8.59. The van der Waals surface area contributed by atoms with Crippen LogP contribution in [0, 0.1) is 6.92 Å². The Morgan fingerprint density at radius 3 is 2.46 bits per heavy atom. The summed E-state index contributed by atoms with van der Waals surface area (Å²) in [6, 6.07) is 6.26. The van der Waals surface area contributed by atoms with Crippen molar-refractivity contribution < 1.29 is 18.0 Å². The zero-order chi connectivity index (χ0) is 17.3. The number of thiophene rings is 1. The van der Waals surface area contributed by atoms with Crippen molar-refractivity contribution in [1.82, 2.24) is 4.98 Å². The molecule has 8 heteroatoms. The summed E-state index contributed by atoms with van der Waals surface area (Å²) in [5.41, 5.74) is 1.08. The lowest BCUT2D eigenvalue weighted by molar-refractivity contribution is -0.137. The molecule has 0 aliphatic rings. The second kappa shape index (κ2) is 6.37. The van der Waals surface area contributed by atoms with Crippen LogP contribution >= 0.6 is 22.7 Å². The van der Waals surface area contributed by atoms with E-state index in [-0.39, 0.29) is 5.91 Å². The van der Waals surface area contributed by atoms with Crippen LogP contribution < -0.4 is 5.32 Å². The topological polar surface area (TPSA) is 42.0 Å². The van der Waals surface area contributed by atoms with Gasteiger partial charge < -0.3 is 5.32 Å². The maximum atomic E-state index is 12.5. The number of nitrogens with zero attached hydrogens (tertiary/aromatic N) is 1. The first kappa shape index (κ1) is 16.7. The maximum Gasteiger partial charge on any atom is 0.416 e. The van der Waals surface area contributed by atoms with E-state index >= 15 is 0 Å². The summed E-state index contributed by atoms with van der Waals surface area (Å²) in [5, 5.41) is 7.21. The quantitative estimate of drug-likeness (QED) is 0.668. The van der Waals surface area contributed by atoms with Gasteiger partial charge >= 0.3 is 6.18 Å². The third kappa shape index (κ3) is 3.49. The number of carbonyl (C=O) groups is 1. The fourth-order valence-corrected chi connectivity index (χ4v) is 3.72. The number of rotatable bonds is 3. The lowest BCUT2D eigenvalue weighted by atomic mass is 10.2. The summed E-state index contributed by atoms with van der Waals surface area (Å²) in [6.07, 6.45) is -4.40. The predicted molar refractivity (Wildman–Crippen MR) is 89.6 cm³/mol. The molecule has 3 aromatic rings. The Morgan fingerprint density at radius 1 is 1.17 bits per heavy atom. The largest absolute Gasteiger partial charge is 0.416 e. The normalized spacial score (nSPS) is 11.5. The van der Waals surface area contributed by atoms with Crippen LogP contribution in [0.1, 0.15) is 20.9 Å². The van der Waals surface area contributed by atoms with Gasteiger partial charge in [0.1, 0.15) is 9.88 Å². The molecular weight excluding hydrogens is 357 g/mol. The standard InChI is InChI=1S/C16H11F3N2OS2/c1-9-13(24-15(20-9)10-6-7-23-8-10)14(22)21-12-4-2-11(3-5-12)16(17,18)19/h2-8H,1H3,(H,21,22). The fraction of sp³-hybridized carbons (Fsp3) is 0.125. The van der Waals surface area contributed by atoms with Gasteiger partial charge in [-0.25, -0.2) is 4.98 Å². The monoisotopic (exact) mass is 368 g/mol. The summed E-state index contributed by atoms with van der Waals surface area (Å²) in [7, 11) is 0. The highest BCUT2D eigenvalue weighted by molar-refractivity contribution is 7.17. The molecule has 0 saturated heterocycles. The molecule has 0 bridgehead atoms. The van der Waals surface area contributed by atoms with Gasteiger partial charge in [0.2, 0.25) is 0 Å². The number of anilines is 1. The summed E-state index contributed by atoms with van der Waals surface area (Å²) < 4.78 is 37.6. The molecule has 0 aliphatic carbocycles. The number of hydrogen-bond donors (Lipinski definition) is 1. The van der Waals surface area contributed by atoms with Gasteiger partial charge in [-0.1, -0.05) is 0 Å². The van der Waals surface area contributed by atoms with Crippen molar-refractivity contribution in [3.8, 4) is 10.6 Å². The Bertz CT molecular complexity index is 853. The lowest BCUT2D eigenvalue weighted by Gasteiger charge is -2.08. The van der Waals surface area contributed by atoms with Gasteiger partial charge in [-0.2, -0.15) is 24.5 Å². The van der Waals surface area contributed by atoms with Crippen LogP contribution in [0.2, 0.25) is 0 Å². The summed E-state index contributed by atoms with van der Waals surface area (Å²) in [4.78, 5) is 17.2. The Hall–Kier alpha value is -2.19. The van der Waals surface area contributed by atoms with Crippen LogP contribution in [-0.2, 0) is 6.18 Å². The Balaban J connectivity index is 1.78. The molecule has 2 aromatic heterocycles. The minimum absolute atomic E-state index is 0.304. The van der Waals surface area contributed by atoms with Crippen LogP contribution in [0.15, 0.2) is 41.1 Å². The molecule has 3 rings (SSSR count). The van der Waals surface area contributed by atoms with E-state index in [9.17, 15) is 18.0 Å². The summed E-state index contributed by atoms with van der Waals surface area (Å²) in [5.74, 6) is -0.383. The SMILES string of the molecule is Cc1nc(-c2ccsc2)sc1C(=O)Nc1ccc(C(F)(F)F)cc1. The van der Waals surface area contributed by atoms with E-state index in [0.717, 1.165) is 22.7 Å². The number of hydrogen-bond acceptors (Lipinski definition) is 4. The molecule has 24 heavy (non-hydrogen) atoms. The molecule has 2 heterocycles. The van der Waals surface area contributed by atoms with Crippen molar-refractivity contribution in [2.24, 2.45) is 0 Å². The van der Waals surface area contributed by atoms with Gasteiger partial charge in [-0.3, -0.25) is 4.79 Å². The highest BCUT2D eigenvalue weighted by Crippen LogP contribution is 2.31. The first-order chi connectivity index (χ1) is 11.3. The molecule has 1 amide bonds. The first-order valence-electron chi connectivity index (χ1n) is 6.83. The van der Waals surface area contributed by atoms with Crippen molar-refractivity contribution in [3.05, 3.63) is 57.2 Å².